The fraction of sp³-hybridized carbons (Fsp3) is 0.273. The van der Waals surface area contributed by atoms with Gasteiger partial charge in [0.2, 0.25) is 15.9 Å². The first-order valence-corrected chi connectivity index (χ1v) is 11.5. The van der Waals surface area contributed by atoms with Crippen molar-refractivity contribution in [3.8, 4) is 0 Å². The average Bonchev–Trinajstić information content (AvgIpc) is 3.14. The summed E-state index contributed by atoms with van der Waals surface area (Å²) in [5, 5.41) is 3.48. The third-order valence-electron chi connectivity index (χ3n) is 5.18. The number of nitrogens with one attached hydrogen (secondary N) is 1. The Kier molecular flexibility index (Phi) is 6.83. The predicted octanol–water partition coefficient (Wildman–Crippen LogP) is 3.22. The molecule has 1 atom stereocenters. The van der Waals surface area contributed by atoms with Crippen LogP contribution in [-0.4, -0.2) is 41.8 Å². The number of hydrogen-bond acceptors (Lipinski definition) is 4. The molecule has 0 fully saturated rings. The molecule has 3 aromatic rings. The minimum absolute atomic E-state index is 0.157. The zero-order valence-corrected chi connectivity index (χ0v) is 19.4. The molecule has 3 rings (SSSR count). The second-order valence-corrected chi connectivity index (χ2v) is 9.94. The Hall–Kier alpha value is -2.68. The minimum atomic E-state index is -3.81. The highest BCUT2D eigenvalue weighted by molar-refractivity contribution is 7.89. The zero-order valence-electron chi connectivity index (χ0n) is 17.8. The van der Waals surface area contributed by atoms with Crippen molar-refractivity contribution in [3.63, 3.8) is 0 Å². The molecule has 0 aliphatic rings. The molecule has 1 aromatic heterocycles. The second-order valence-electron chi connectivity index (χ2n) is 7.46. The van der Waals surface area contributed by atoms with Crippen LogP contribution >= 0.6 is 11.6 Å². The molecular weight excluding hydrogens is 436 g/mol. The number of aromatic nitrogens is 2. The largest absolute Gasteiger partial charge is 0.341 e. The summed E-state index contributed by atoms with van der Waals surface area (Å²) in [7, 11) is -0.589. The maximum Gasteiger partial charge on any atom is 0.243 e. The molecule has 0 spiro atoms. The molecule has 31 heavy (non-hydrogen) atoms. The van der Waals surface area contributed by atoms with E-state index in [1.165, 1.54) is 7.05 Å². The highest BCUT2D eigenvalue weighted by Crippen LogP contribution is 2.23. The average molecular weight is 461 g/mol. The molecule has 0 saturated heterocycles. The van der Waals surface area contributed by atoms with Crippen LogP contribution in [0.3, 0.4) is 0 Å². The van der Waals surface area contributed by atoms with Gasteiger partial charge in [-0.2, -0.15) is 4.31 Å². The third-order valence-corrected chi connectivity index (χ3v) is 7.23. The van der Waals surface area contributed by atoms with Crippen molar-refractivity contribution in [2.45, 2.75) is 24.8 Å². The van der Waals surface area contributed by atoms with Crippen molar-refractivity contribution in [2.24, 2.45) is 7.05 Å². The number of amides is 1. The number of halogens is 1. The maximum absolute atomic E-state index is 12.9. The Bertz CT molecular complexity index is 1190. The highest BCUT2D eigenvalue weighted by Gasteiger charge is 2.26. The number of carbonyl (C=O) groups excluding carboxylic acids is 1. The molecule has 0 saturated carbocycles. The van der Waals surface area contributed by atoms with Crippen molar-refractivity contribution in [1.29, 1.82) is 0 Å². The van der Waals surface area contributed by atoms with Gasteiger partial charge in [0.25, 0.3) is 0 Å². The Morgan fingerprint density at radius 2 is 1.84 bits per heavy atom. The molecule has 7 nitrogen and oxygen atoms in total. The fourth-order valence-electron chi connectivity index (χ4n) is 3.16. The Labute approximate surface area is 187 Å². The van der Waals surface area contributed by atoms with Gasteiger partial charge in [-0.15, -0.1) is 0 Å². The van der Waals surface area contributed by atoms with Gasteiger partial charge in [-0.05, 0) is 54.8 Å². The van der Waals surface area contributed by atoms with Gasteiger partial charge in [-0.3, -0.25) is 4.79 Å². The number of benzene rings is 2. The number of carbonyl (C=O) groups is 1. The number of likely N-dealkylation sites (N-methyl/N-ethyl adjacent to an activating group) is 1. The van der Waals surface area contributed by atoms with Crippen LogP contribution in [0.1, 0.15) is 28.6 Å². The van der Waals surface area contributed by atoms with Crippen molar-refractivity contribution in [2.75, 3.05) is 13.6 Å². The normalized spacial score (nSPS) is 12.7. The van der Waals surface area contributed by atoms with Crippen LogP contribution in [-0.2, 0) is 21.9 Å². The monoisotopic (exact) mass is 460 g/mol. The minimum Gasteiger partial charge on any atom is -0.341 e. The molecule has 164 valence electrons. The number of sulfonamides is 1. The molecule has 0 radical (unpaired) electrons. The van der Waals surface area contributed by atoms with E-state index in [4.69, 9.17) is 11.6 Å². The summed E-state index contributed by atoms with van der Waals surface area (Å²) in [5.41, 5.74) is 2.66. The first-order chi connectivity index (χ1) is 14.6. The Morgan fingerprint density at radius 3 is 2.42 bits per heavy atom. The van der Waals surface area contributed by atoms with E-state index in [-0.39, 0.29) is 11.4 Å². The molecule has 1 amide bonds. The van der Waals surface area contributed by atoms with Gasteiger partial charge < -0.3 is 9.88 Å². The van der Waals surface area contributed by atoms with Gasteiger partial charge in [0, 0.05) is 31.5 Å². The summed E-state index contributed by atoms with van der Waals surface area (Å²) in [4.78, 5) is 17.3. The van der Waals surface area contributed by atoms with Crippen molar-refractivity contribution in [3.05, 3.63) is 82.4 Å². The fourth-order valence-corrected chi connectivity index (χ4v) is 4.49. The Morgan fingerprint density at radius 1 is 1.16 bits per heavy atom. The molecular formula is C22H25ClN4O3S. The maximum atomic E-state index is 12.9. The Balaban J connectivity index is 1.81. The van der Waals surface area contributed by atoms with E-state index in [2.05, 4.69) is 10.3 Å². The lowest BCUT2D eigenvalue weighted by Gasteiger charge is -2.22. The highest BCUT2D eigenvalue weighted by atomic mass is 35.5. The van der Waals surface area contributed by atoms with Crippen LogP contribution < -0.4 is 5.32 Å². The van der Waals surface area contributed by atoms with Crippen molar-refractivity contribution >= 4 is 27.5 Å². The van der Waals surface area contributed by atoms with Crippen molar-refractivity contribution in [1.82, 2.24) is 19.2 Å². The SMILES string of the molecule is Cc1ccc(S(=O)(=O)N(C)CC(=O)NC(c2ccc(Cl)cc2)c2nccn2C)cc1C. The van der Waals surface area contributed by atoms with Crippen molar-refractivity contribution < 1.29 is 13.2 Å². The number of hydrogen-bond donors (Lipinski definition) is 1. The molecule has 1 N–H and O–H groups in total. The smallest absolute Gasteiger partial charge is 0.243 e. The zero-order chi connectivity index (χ0) is 22.8. The summed E-state index contributed by atoms with van der Waals surface area (Å²) in [5.74, 6) is 0.174. The number of imidazole rings is 1. The predicted molar refractivity (Wildman–Crippen MR) is 120 cm³/mol. The van der Waals surface area contributed by atoms with E-state index in [9.17, 15) is 13.2 Å². The number of nitrogens with zero attached hydrogens (tertiary/aromatic N) is 3. The van der Waals surface area contributed by atoms with E-state index in [1.54, 1.807) is 59.4 Å². The van der Waals surface area contributed by atoms with Gasteiger partial charge in [-0.1, -0.05) is 29.8 Å². The van der Waals surface area contributed by atoms with Gasteiger partial charge in [0.05, 0.1) is 11.4 Å². The van der Waals surface area contributed by atoms with Gasteiger partial charge >= 0.3 is 0 Å². The van der Waals surface area contributed by atoms with Gasteiger partial charge in [0.1, 0.15) is 11.9 Å². The standard InChI is InChI=1S/C22H25ClN4O3S/c1-15-5-10-19(13-16(15)2)31(29,30)27(4)14-20(28)25-21(22-24-11-12-26(22)3)17-6-8-18(23)9-7-17/h5-13,21H,14H2,1-4H3,(H,25,28). The lowest BCUT2D eigenvalue weighted by Crippen LogP contribution is -2.40. The first-order valence-electron chi connectivity index (χ1n) is 9.65. The quantitative estimate of drug-likeness (QED) is 0.586. The lowest BCUT2D eigenvalue weighted by molar-refractivity contribution is -0.121. The molecule has 0 bridgehead atoms. The van der Waals surface area contributed by atoms with Crippen LogP contribution in [0.5, 0.6) is 0 Å². The molecule has 9 heteroatoms. The van der Waals surface area contributed by atoms with Crippen LogP contribution in [0, 0.1) is 13.8 Å². The van der Waals surface area contributed by atoms with Crippen LogP contribution in [0.25, 0.3) is 0 Å². The van der Waals surface area contributed by atoms with Gasteiger partial charge in [-0.25, -0.2) is 13.4 Å². The molecule has 2 aromatic carbocycles. The summed E-state index contributed by atoms with van der Waals surface area (Å²) < 4.78 is 28.7. The van der Waals surface area contributed by atoms with E-state index in [0.29, 0.717) is 10.8 Å². The third kappa shape index (κ3) is 5.15. The molecule has 1 heterocycles. The van der Waals surface area contributed by atoms with E-state index in [1.807, 2.05) is 20.9 Å². The first kappa shape index (κ1) is 23.0. The van der Waals surface area contributed by atoms with E-state index >= 15 is 0 Å². The summed E-state index contributed by atoms with van der Waals surface area (Å²) in [6.45, 7) is 3.44. The molecule has 1 unspecified atom stereocenters. The lowest BCUT2D eigenvalue weighted by atomic mass is 10.1. The number of aryl methyl sites for hydroxylation is 3. The van der Waals surface area contributed by atoms with Crippen LogP contribution in [0.15, 0.2) is 59.8 Å². The van der Waals surface area contributed by atoms with Crippen LogP contribution in [0.2, 0.25) is 5.02 Å². The van der Waals surface area contributed by atoms with Gasteiger partial charge in [0.15, 0.2) is 0 Å². The topological polar surface area (TPSA) is 84.3 Å². The summed E-state index contributed by atoms with van der Waals surface area (Å²) >= 11 is 5.99. The summed E-state index contributed by atoms with van der Waals surface area (Å²) in [6.07, 6.45) is 3.42. The van der Waals surface area contributed by atoms with E-state index < -0.39 is 22.0 Å². The van der Waals surface area contributed by atoms with E-state index in [0.717, 1.165) is 21.0 Å². The summed E-state index contributed by atoms with van der Waals surface area (Å²) in [6, 6.07) is 11.4. The second kappa shape index (κ2) is 9.21. The molecule has 0 aliphatic carbocycles. The number of rotatable bonds is 7. The van der Waals surface area contributed by atoms with Crippen LogP contribution in [0.4, 0.5) is 0 Å². The molecule has 0 aliphatic heterocycles.